The molecule has 6 rings (SSSR count). The van der Waals surface area contributed by atoms with Gasteiger partial charge < -0.3 is 0 Å². The maximum Gasteiger partial charge on any atom is 0.200 e. The van der Waals surface area contributed by atoms with Crippen molar-refractivity contribution >= 4 is 8.41 Å². The first-order valence-corrected chi connectivity index (χ1v) is 15.4. The summed E-state index contributed by atoms with van der Waals surface area (Å²) in [4.78, 5) is 0. The van der Waals surface area contributed by atoms with E-state index in [-0.39, 0.29) is 8.41 Å². The molecule has 0 aliphatic rings. The molecule has 0 spiro atoms. The quantitative estimate of drug-likeness (QED) is 0.0717. The minimum absolute atomic E-state index is 0. The molecule has 0 aliphatic carbocycles. The molecular formula is C36BF30. The maximum atomic E-state index is 13.4. The molecule has 0 saturated carbocycles. The molecule has 0 atom stereocenters. The van der Waals surface area contributed by atoms with Gasteiger partial charge in [-0.25, -0.2) is 132 Å². The zero-order valence-electron chi connectivity index (χ0n) is 29.9. The Hall–Kier alpha value is -6.72. The fourth-order valence-corrected chi connectivity index (χ4v) is 4.95. The van der Waals surface area contributed by atoms with Crippen LogP contribution in [0.25, 0.3) is 33.4 Å². The molecule has 6 aromatic carbocycles. The van der Waals surface area contributed by atoms with Gasteiger partial charge in [-0.05, 0) is 0 Å². The zero-order chi connectivity index (χ0) is 50.8. The van der Waals surface area contributed by atoms with Gasteiger partial charge in [0.15, 0.2) is 140 Å². The highest BCUT2D eigenvalue weighted by Crippen LogP contribution is 2.40. The van der Waals surface area contributed by atoms with Crippen molar-refractivity contribution < 1.29 is 132 Å². The predicted molar refractivity (Wildman–Crippen MR) is 160 cm³/mol. The van der Waals surface area contributed by atoms with Gasteiger partial charge in [0.2, 0.25) is 34.9 Å². The third kappa shape index (κ3) is 8.73. The highest BCUT2D eigenvalue weighted by atomic mass is 19.2. The van der Waals surface area contributed by atoms with E-state index in [4.69, 9.17) is 0 Å². The van der Waals surface area contributed by atoms with Crippen LogP contribution < -0.4 is 0 Å². The third-order valence-corrected chi connectivity index (χ3v) is 8.01. The summed E-state index contributed by atoms with van der Waals surface area (Å²) in [7, 11) is 0. The van der Waals surface area contributed by atoms with Gasteiger partial charge in [-0.3, -0.25) is 0 Å². The smallest absolute Gasteiger partial charge is 0.200 e. The molecule has 0 heterocycles. The van der Waals surface area contributed by atoms with Gasteiger partial charge in [-0.15, -0.1) is 0 Å². The summed E-state index contributed by atoms with van der Waals surface area (Å²) in [5.74, 6) is -79.9. The summed E-state index contributed by atoms with van der Waals surface area (Å²) in [5.41, 5.74) is -13.6. The summed E-state index contributed by atoms with van der Waals surface area (Å²) in [6.07, 6.45) is 0. The lowest BCUT2D eigenvalue weighted by Gasteiger charge is -2.11. The number of benzene rings is 6. The lowest BCUT2D eigenvalue weighted by Crippen LogP contribution is -2.10. The zero-order valence-corrected chi connectivity index (χ0v) is 29.9. The van der Waals surface area contributed by atoms with Gasteiger partial charge in [-0.2, -0.15) is 0 Å². The summed E-state index contributed by atoms with van der Waals surface area (Å²) < 4.78 is 393. The Morgan fingerprint density at radius 2 is 0.134 bits per heavy atom. The van der Waals surface area contributed by atoms with Crippen LogP contribution in [0.3, 0.4) is 0 Å². The van der Waals surface area contributed by atoms with Crippen LogP contribution in [0.4, 0.5) is 132 Å². The van der Waals surface area contributed by atoms with E-state index in [0.29, 0.717) is 0 Å². The average molecular weight is 1010 g/mol. The van der Waals surface area contributed by atoms with Crippen LogP contribution in [0.15, 0.2) is 0 Å². The minimum atomic E-state index is -2.68. The standard InChI is InChI=1S/3C12F10.B/c3*13-3-1(4(14)8(18)11(21)7(3)17)2-5(15)9(19)12(22)10(20)6(2)16;. The molecule has 0 fully saturated rings. The van der Waals surface area contributed by atoms with Crippen molar-refractivity contribution in [3.63, 3.8) is 0 Å². The number of hydrogen-bond acceptors (Lipinski definition) is 0. The Balaban J connectivity index is 0.000000264. The van der Waals surface area contributed by atoms with E-state index in [1.165, 1.54) is 0 Å². The molecule has 67 heavy (non-hydrogen) atoms. The Labute approximate surface area is 348 Å². The summed E-state index contributed by atoms with van der Waals surface area (Å²) in [5, 5.41) is 0. The van der Waals surface area contributed by atoms with Crippen LogP contribution in [0, 0.1) is 175 Å². The number of halogens is 30. The SMILES string of the molecule is Fc1c(F)c(F)c(-c2c(F)c(F)c(F)c(F)c2F)c(F)c1F.Fc1c(F)c(F)c(-c2c(F)c(F)c(F)c(F)c2F)c(F)c1F.Fc1c(F)c(F)c(-c2c(F)c(F)c(F)c(F)c2F)c(F)c1F.[B]. The molecule has 357 valence electrons. The Kier molecular flexibility index (Phi) is 16.0. The average Bonchev–Trinajstić information content (AvgIpc) is 3.29. The van der Waals surface area contributed by atoms with E-state index in [9.17, 15) is 132 Å². The molecule has 0 unspecified atom stereocenters. The number of hydrogen-bond donors (Lipinski definition) is 0. The van der Waals surface area contributed by atoms with E-state index in [0.717, 1.165) is 0 Å². The molecule has 0 aromatic heterocycles. The fourth-order valence-electron chi connectivity index (χ4n) is 4.95. The van der Waals surface area contributed by atoms with Crippen molar-refractivity contribution in [2.45, 2.75) is 0 Å². The molecule has 0 amide bonds. The third-order valence-electron chi connectivity index (χ3n) is 8.01. The lowest BCUT2D eigenvalue weighted by molar-refractivity contribution is 0.370. The molecule has 0 aliphatic heterocycles. The molecule has 0 N–H and O–H groups in total. The second-order valence-corrected chi connectivity index (χ2v) is 11.7. The highest BCUT2D eigenvalue weighted by molar-refractivity contribution is 5.75. The van der Waals surface area contributed by atoms with Crippen molar-refractivity contribution in [3.05, 3.63) is 175 Å². The molecule has 6 aromatic rings. The number of rotatable bonds is 3. The Morgan fingerprint density at radius 1 is 0.0896 bits per heavy atom. The van der Waals surface area contributed by atoms with Crippen molar-refractivity contribution in [3.8, 4) is 33.4 Å². The summed E-state index contributed by atoms with van der Waals surface area (Å²) >= 11 is 0. The molecular weight excluding hydrogens is 1010 g/mol. The van der Waals surface area contributed by atoms with Crippen LogP contribution in [-0.2, 0) is 0 Å². The fraction of sp³-hybridized carbons (Fsp3) is 0. The van der Waals surface area contributed by atoms with Crippen LogP contribution in [-0.4, -0.2) is 8.41 Å². The lowest BCUT2D eigenvalue weighted by atomic mass is 10.0. The molecule has 0 bridgehead atoms. The first kappa shape index (κ1) is 54.6. The van der Waals surface area contributed by atoms with Gasteiger partial charge in [0.1, 0.15) is 0 Å². The van der Waals surface area contributed by atoms with E-state index in [1.54, 1.807) is 0 Å². The van der Waals surface area contributed by atoms with Crippen molar-refractivity contribution in [2.75, 3.05) is 0 Å². The van der Waals surface area contributed by atoms with Gasteiger partial charge in [0, 0.05) is 8.41 Å². The van der Waals surface area contributed by atoms with Gasteiger partial charge >= 0.3 is 0 Å². The topological polar surface area (TPSA) is 0 Å². The Bertz CT molecular complexity index is 2340. The van der Waals surface area contributed by atoms with E-state index >= 15 is 0 Å². The monoisotopic (exact) mass is 1010 g/mol. The van der Waals surface area contributed by atoms with Gasteiger partial charge in [0.05, 0.1) is 33.4 Å². The van der Waals surface area contributed by atoms with E-state index in [2.05, 4.69) is 0 Å². The minimum Gasteiger partial charge on any atom is -0.203 e. The van der Waals surface area contributed by atoms with Crippen molar-refractivity contribution in [2.24, 2.45) is 0 Å². The van der Waals surface area contributed by atoms with Crippen LogP contribution in [0.1, 0.15) is 0 Å². The van der Waals surface area contributed by atoms with Crippen LogP contribution >= 0.6 is 0 Å². The van der Waals surface area contributed by atoms with Crippen molar-refractivity contribution in [1.29, 1.82) is 0 Å². The normalized spacial score (nSPS) is 11.0. The first-order chi connectivity index (χ1) is 30.3. The molecule has 3 radical (unpaired) electrons. The molecule has 0 nitrogen and oxygen atoms in total. The summed E-state index contributed by atoms with van der Waals surface area (Å²) in [6, 6.07) is 0. The van der Waals surface area contributed by atoms with E-state index in [1.807, 2.05) is 0 Å². The second-order valence-electron chi connectivity index (χ2n) is 11.7. The largest absolute Gasteiger partial charge is 0.203 e. The van der Waals surface area contributed by atoms with Crippen molar-refractivity contribution in [1.82, 2.24) is 0 Å². The second kappa shape index (κ2) is 19.6. The van der Waals surface area contributed by atoms with E-state index < -0.39 is 208 Å². The maximum absolute atomic E-state index is 13.4. The van der Waals surface area contributed by atoms with Crippen LogP contribution in [0.2, 0.25) is 0 Å². The predicted octanol–water partition coefficient (Wildman–Crippen LogP) is 13.9. The summed E-state index contributed by atoms with van der Waals surface area (Å²) in [6.45, 7) is 0. The highest BCUT2D eigenvalue weighted by Gasteiger charge is 2.37. The van der Waals surface area contributed by atoms with Crippen LogP contribution in [0.5, 0.6) is 0 Å². The Morgan fingerprint density at radius 3 is 0.194 bits per heavy atom. The molecule has 0 saturated heterocycles. The first-order valence-electron chi connectivity index (χ1n) is 15.4. The van der Waals surface area contributed by atoms with Gasteiger partial charge in [-0.1, -0.05) is 0 Å². The molecule has 31 heteroatoms. The van der Waals surface area contributed by atoms with Gasteiger partial charge in [0.25, 0.3) is 0 Å².